The first-order valence-corrected chi connectivity index (χ1v) is 9.19. The van der Waals surface area contributed by atoms with Crippen LogP contribution in [0.1, 0.15) is 25.3 Å². The second-order valence-corrected chi connectivity index (χ2v) is 6.74. The number of carbonyl (C=O) groups excluding carboxylic acids is 1. The van der Waals surface area contributed by atoms with E-state index in [2.05, 4.69) is 20.6 Å². The number of amides is 2. The number of anilines is 2. The fourth-order valence-corrected chi connectivity index (χ4v) is 3.39. The van der Waals surface area contributed by atoms with E-state index in [9.17, 15) is 9.18 Å². The Labute approximate surface area is 157 Å². The number of halogens is 2. The number of rotatable bonds is 6. The summed E-state index contributed by atoms with van der Waals surface area (Å²) in [6.45, 7) is 2.35. The zero-order valence-corrected chi connectivity index (χ0v) is 15.3. The van der Waals surface area contributed by atoms with E-state index in [0.717, 1.165) is 32.5 Å². The highest BCUT2D eigenvalue weighted by molar-refractivity contribution is 6.33. The first kappa shape index (κ1) is 18.7. The molecule has 1 aliphatic rings. The van der Waals surface area contributed by atoms with Gasteiger partial charge in [-0.15, -0.1) is 0 Å². The standard InChI is InChI=1S/C18H23ClFN5O/c19-15-4-1-2-5-16(15)22-18(26)23-17-6-10-21-25(17)14-7-12-24(13-8-14)11-3-9-20/h1-2,4-6,10,14H,3,7-9,11-13H2,(H2,22,23,26). The molecule has 2 aromatic rings. The predicted octanol–water partition coefficient (Wildman–Crippen LogP) is 4.18. The smallest absolute Gasteiger partial charge is 0.306 e. The molecular weight excluding hydrogens is 357 g/mol. The molecule has 0 bridgehead atoms. The van der Waals surface area contributed by atoms with E-state index in [1.807, 2.05) is 10.7 Å². The number of nitrogens with one attached hydrogen (secondary N) is 2. The van der Waals surface area contributed by atoms with Crippen LogP contribution in [0.25, 0.3) is 0 Å². The SMILES string of the molecule is O=C(Nc1ccccc1Cl)Nc1ccnn1C1CCN(CCCF)CC1. The number of para-hydroxylation sites is 1. The summed E-state index contributed by atoms with van der Waals surface area (Å²) >= 11 is 6.06. The fourth-order valence-electron chi connectivity index (χ4n) is 3.21. The number of urea groups is 1. The minimum absolute atomic E-state index is 0.224. The van der Waals surface area contributed by atoms with E-state index in [1.54, 1.807) is 30.5 Å². The van der Waals surface area contributed by atoms with Crippen LogP contribution in [0, 0.1) is 0 Å². The number of benzene rings is 1. The van der Waals surface area contributed by atoms with Crippen LogP contribution in [0.5, 0.6) is 0 Å². The molecule has 1 fully saturated rings. The molecule has 8 heteroatoms. The lowest BCUT2D eigenvalue weighted by molar-refractivity contribution is 0.175. The maximum atomic E-state index is 12.3. The van der Waals surface area contributed by atoms with Crippen molar-refractivity contribution in [2.45, 2.75) is 25.3 Å². The zero-order chi connectivity index (χ0) is 18.4. The number of nitrogens with zero attached hydrogens (tertiary/aromatic N) is 3. The normalized spacial score (nSPS) is 15.8. The molecule has 0 radical (unpaired) electrons. The number of aromatic nitrogens is 2. The highest BCUT2D eigenvalue weighted by Crippen LogP contribution is 2.26. The lowest BCUT2D eigenvalue weighted by Gasteiger charge is -2.32. The molecule has 2 amide bonds. The van der Waals surface area contributed by atoms with Crippen LogP contribution >= 0.6 is 11.6 Å². The lowest BCUT2D eigenvalue weighted by atomic mass is 10.1. The van der Waals surface area contributed by atoms with Crippen LogP contribution in [0.3, 0.4) is 0 Å². The van der Waals surface area contributed by atoms with E-state index in [-0.39, 0.29) is 18.7 Å². The summed E-state index contributed by atoms with van der Waals surface area (Å²) in [5.41, 5.74) is 0.555. The third-order valence-electron chi connectivity index (χ3n) is 4.54. The number of likely N-dealkylation sites (tertiary alicyclic amines) is 1. The third kappa shape index (κ3) is 4.74. The van der Waals surface area contributed by atoms with Crippen LogP contribution < -0.4 is 10.6 Å². The molecule has 3 rings (SSSR count). The molecule has 1 aromatic heterocycles. The van der Waals surface area contributed by atoms with E-state index in [1.165, 1.54) is 0 Å². The molecule has 1 aromatic carbocycles. The van der Waals surface area contributed by atoms with Gasteiger partial charge in [-0.2, -0.15) is 5.10 Å². The van der Waals surface area contributed by atoms with Crippen molar-refractivity contribution in [3.05, 3.63) is 41.6 Å². The average Bonchev–Trinajstić information content (AvgIpc) is 3.10. The van der Waals surface area contributed by atoms with Gasteiger partial charge in [-0.1, -0.05) is 23.7 Å². The first-order chi connectivity index (χ1) is 12.7. The second-order valence-electron chi connectivity index (χ2n) is 6.34. The van der Waals surface area contributed by atoms with Crippen molar-refractivity contribution in [2.24, 2.45) is 0 Å². The summed E-state index contributed by atoms with van der Waals surface area (Å²) in [6.07, 6.45) is 4.12. The molecule has 0 aliphatic carbocycles. The number of alkyl halides is 1. The quantitative estimate of drug-likeness (QED) is 0.791. The maximum absolute atomic E-state index is 12.3. The minimum atomic E-state index is -0.361. The van der Waals surface area contributed by atoms with Crippen molar-refractivity contribution in [2.75, 3.05) is 36.9 Å². The number of hydrogen-bond acceptors (Lipinski definition) is 3. The van der Waals surface area contributed by atoms with Crippen LogP contribution in [-0.2, 0) is 0 Å². The van der Waals surface area contributed by atoms with Gasteiger partial charge in [-0.25, -0.2) is 9.48 Å². The molecule has 0 spiro atoms. The van der Waals surface area contributed by atoms with Crippen LogP contribution in [0.2, 0.25) is 5.02 Å². The molecule has 0 saturated carbocycles. The molecule has 0 atom stereocenters. The van der Waals surface area contributed by atoms with Gasteiger partial charge in [-0.05, 0) is 31.4 Å². The van der Waals surface area contributed by atoms with Gasteiger partial charge >= 0.3 is 6.03 Å². The van der Waals surface area contributed by atoms with Crippen molar-refractivity contribution in [1.82, 2.24) is 14.7 Å². The Morgan fingerprint density at radius 2 is 2.00 bits per heavy atom. The van der Waals surface area contributed by atoms with Crippen molar-refractivity contribution in [1.29, 1.82) is 0 Å². The largest absolute Gasteiger partial charge is 0.324 e. The van der Waals surface area contributed by atoms with Gasteiger partial charge < -0.3 is 10.2 Å². The Bertz CT molecular complexity index is 730. The minimum Gasteiger partial charge on any atom is -0.306 e. The molecule has 2 heterocycles. The predicted molar refractivity (Wildman–Crippen MR) is 102 cm³/mol. The molecule has 0 unspecified atom stereocenters. The van der Waals surface area contributed by atoms with Gasteiger partial charge in [0, 0.05) is 25.7 Å². The summed E-state index contributed by atoms with van der Waals surface area (Å²) < 4.78 is 14.2. The van der Waals surface area contributed by atoms with Gasteiger partial charge in [0.25, 0.3) is 0 Å². The Morgan fingerprint density at radius 3 is 2.73 bits per heavy atom. The first-order valence-electron chi connectivity index (χ1n) is 8.81. The van der Waals surface area contributed by atoms with Crippen molar-refractivity contribution in [3.8, 4) is 0 Å². The van der Waals surface area contributed by atoms with Gasteiger partial charge in [0.2, 0.25) is 0 Å². The number of piperidine rings is 1. The third-order valence-corrected chi connectivity index (χ3v) is 4.87. The molecule has 26 heavy (non-hydrogen) atoms. The topological polar surface area (TPSA) is 62.2 Å². The van der Waals surface area contributed by atoms with Crippen molar-refractivity contribution < 1.29 is 9.18 Å². The highest BCUT2D eigenvalue weighted by atomic mass is 35.5. The maximum Gasteiger partial charge on any atom is 0.324 e. The van der Waals surface area contributed by atoms with Crippen LogP contribution in [-0.4, -0.2) is 47.0 Å². The van der Waals surface area contributed by atoms with Crippen molar-refractivity contribution >= 4 is 29.1 Å². The molecule has 1 saturated heterocycles. The number of carbonyl (C=O) groups is 1. The molecular formula is C18H23ClFN5O. The van der Waals surface area contributed by atoms with Crippen LogP contribution in [0.4, 0.5) is 20.7 Å². The van der Waals surface area contributed by atoms with Crippen molar-refractivity contribution in [3.63, 3.8) is 0 Å². The summed E-state index contributed by atoms with van der Waals surface area (Å²) in [6, 6.07) is 8.72. The summed E-state index contributed by atoms with van der Waals surface area (Å²) in [7, 11) is 0. The zero-order valence-electron chi connectivity index (χ0n) is 14.5. The Kier molecular flexibility index (Phi) is 6.46. The van der Waals surface area contributed by atoms with Gasteiger partial charge in [0.15, 0.2) is 0 Å². The molecule has 140 valence electrons. The summed E-state index contributed by atoms with van der Waals surface area (Å²) in [4.78, 5) is 14.5. The Morgan fingerprint density at radius 1 is 1.23 bits per heavy atom. The van der Waals surface area contributed by atoms with E-state index < -0.39 is 0 Å². The van der Waals surface area contributed by atoms with Gasteiger partial charge in [-0.3, -0.25) is 9.71 Å². The highest BCUT2D eigenvalue weighted by Gasteiger charge is 2.23. The average molecular weight is 380 g/mol. The van der Waals surface area contributed by atoms with E-state index in [4.69, 9.17) is 11.6 Å². The summed E-state index contributed by atoms with van der Waals surface area (Å²) in [5, 5.41) is 10.4. The van der Waals surface area contributed by atoms with Gasteiger partial charge in [0.05, 0.1) is 29.6 Å². The second kappa shape index (κ2) is 9.00. The molecule has 1 aliphatic heterocycles. The summed E-state index contributed by atoms with van der Waals surface area (Å²) in [5.74, 6) is 0.650. The Hall–Kier alpha value is -2.12. The number of hydrogen-bond donors (Lipinski definition) is 2. The van der Waals surface area contributed by atoms with Gasteiger partial charge in [0.1, 0.15) is 5.82 Å². The van der Waals surface area contributed by atoms with Crippen LogP contribution in [0.15, 0.2) is 36.5 Å². The lowest BCUT2D eigenvalue weighted by Crippen LogP contribution is -2.36. The van der Waals surface area contributed by atoms with E-state index in [0.29, 0.717) is 22.9 Å². The fraction of sp³-hybridized carbons (Fsp3) is 0.444. The monoisotopic (exact) mass is 379 g/mol. The molecule has 6 nitrogen and oxygen atoms in total. The van der Waals surface area contributed by atoms with E-state index >= 15 is 0 Å². The molecule has 2 N–H and O–H groups in total. The Balaban J connectivity index is 1.57.